The van der Waals surface area contributed by atoms with Crippen LogP contribution in [0.3, 0.4) is 0 Å². The Morgan fingerprint density at radius 1 is 0.550 bits per heavy atom. The summed E-state index contributed by atoms with van der Waals surface area (Å²) in [6.45, 7) is 0. The molecule has 0 spiro atoms. The molecule has 0 fully saturated rings. The van der Waals surface area contributed by atoms with Gasteiger partial charge in [0.05, 0.1) is 0 Å². The maximum Gasteiger partial charge on any atom is 3.00 e. The average Bonchev–Trinajstić information content (AvgIpc) is 1.71. The van der Waals surface area contributed by atoms with Gasteiger partial charge in [-0.25, -0.2) is 0 Å². The van der Waals surface area contributed by atoms with Crippen molar-refractivity contribution in [1.82, 2.24) is 0 Å². The van der Waals surface area contributed by atoms with E-state index in [1.165, 1.54) is 5.15 Å². The van der Waals surface area contributed by atoms with E-state index in [9.17, 15) is 0 Å². The van der Waals surface area contributed by atoms with E-state index in [-0.39, 0.29) is 16.8 Å². The molecule has 0 rings (SSSR count). The molecule has 116 valence electrons. The Morgan fingerprint density at radius 3 is 0.550 bits per heavy atom. The van der Waals surface area contributed by atoms with E-state index in [0.29, 0.717) is 0 Å². The van der Waals surface area contributed by atoms with Gasteiger partial charge in [0.2, 0.25) is 0 Å². The van der Waals surface area contributed by atoms with Gasteiger partial charge in [-0.2, -0.15) is 0 Å². The minimum Gasteiger partial charge on any atom is 3.00 e. The van der Waals surface area contributed by atoms with Crippen LogP contribution in [0.1, 0.15) is 0 Å². The fourth-order valence-corrected chi connectivity index (χ4v) is 0. The van der Waals surface area contributed by atoms with Gasteiger partial charge < -0.3 is 0 Å². The van der Waals surface area contributed by atoms with Crippen molar-refractivity contribution in [2.75, 3.05) is 0 Å². The molecule has 0 aliphatic heterocycles. The summed E-state index contributed by atoms with van der Waals surface area (Å²) >= 11 is -18.1. The molecule has 0 radical (unpaired) electrons. The molecule has 20 heavy (non-hydrogen) atoms. The van der Waals surface area contributed by atoms with Crippen LogP contribution < -0.4 is 20.8 Å². The summed E-state index contributed by atoms with van der Waals surface area (Å²) in [6.07, 6.45) is 0. The van der Waals surface area contributed by atoms with Crippen LogP contribution in [0, 0.1) is 0 Å². The van der Waals surface area contributed by atoms with E-state index in [0.717, 1.165) is 0 Å². The first-order valence-corrected chi connectivity index (χ1v) is 13.7. The topological polar surface area (TPSA) is 250 Å². The maximum absolute atomic E-state index is 9.12. The molecule has 0 atom stereocenters. The van der Waals surface area contributed by atoms with Crippen molar-refractivity contribution >= 4 is 73.7 Å². The van der Waals surface area contributed by atoms with Crippen LogP contribution in [-0.4, -0.2) is 73.7 Å². The van der Waals surface area contributed by atoms with Gasteiger partial charge in [-0.15, -0.1) is 0 Å². The van der Waals surface area contributed by atoms with Crippen LogP contribution in [-0.2, 0) is 23.8 Å². The fourth-order valence-electron chi connectivity index (χ4n) is 0. The zero-order valence-electron chi connectivity index (χ0n) is 8.44. The standard InChI is InChI=1S/2B.F2O.3H2O4Te/c;;1-3-2;3*1-5(2,3)4/h;;;3*(H2,1,2,3,4)/q2*+3;;;;/p-6. The maximum atomic E-state index is 9.12. The third-order valence-corrected chi connectivity index (χ3v) is 0. The molecule has 0 bridgehead atoms. The van der Waals surface area contributed by atoms with Gasteiger partial charge in [0.15, 0.2) is 0 Å². The second-order valence-corrected chi connectivity index (χ2v) is 8.27. The number of rotatable bonds is 0. The molecule has 0 saturated heterocycles. The molecule has 0 aromatic heterocycles. The summed E-state index contributed by atoms with van der Waals surface area (Å²) < 4.78 is 122. The summed E-state index contributed by atoms with van der Waals surface area (Å²) in [4.78, 5) is 0. The Bertz CT molecular complexity index is 364. The SMILES string of the molecule is FOF.O=[Te](=O)([O-])[O-].O=[Te](=O)([O-])[O-].O=[Te](=O)([O-])[O-].[B+3].[B+3]. The second kappa shape index (κ2) is 17.9. The van der Waals surface area contributed by atoms with Crippen molar-refractivity contribution in [1.29, 1.82) is 0 Å². The van der Waals surface area contributed by atoms with Crippen molar-refractivity contribution in [3.05, 3.63) is 0 Å². The normalized spacial score (nSPS) is 9.60. The van der Waals surface area contributed by atoms with Crippen molar-refractivity contribution in [2.24, 2.45) is 0 Å². The summed E-state index contributed by atoms with van der Waals surface area (Å²) in [5.41, 5.74) is 0. The Hall–Kier alpha value is 0.879. The first kappa shape index (κ1) is 37.3. The molecule has 0 aromatic carbocycles. The smallest absolute Gasteiger partial charge is 3.00 e. The Balaban J connectivity index is -0.0000000321. The van der Waals surface area contributed by atoms with Crippen molar-refractivity contribution in [3.8, 4) is 0 Å². The molecule has 0 saturated carbocycles. The van der Waals surface area contributed by atoms with Crippen LogP contribution in [0.2, 0.25) is 0 Å². The third kappa shape index (κ3) is 7820. The van der Waals surface area contributed by atoms with E-state index in [4.69, 9.17) is 48.5 Å². The van der Waals surface area contributed by atoms with Crippen LogP contribution in [0.15, 0.2) is 0 Å². The van der Waals surface area contributed by atoms with E-state index < -0.39 is 56.9 Å². The largest absolute Gasteiger partial charge is 3.00 e. The second-order valence-electron chi connectivity index (χ2n) is 1.28. The van der Waals surface area contributed by atoms with Gasteiger partial charge in [0, 0.05) is 5.15 Å². The minimum atomic E-state index is -6.02. The van der Waals surface area contributed by atoms with E-state index in [1.807, 2.05) is 0 Å². The van der Waals surface area contributed by atoms with Gasteiger partial charge in [0.1, 0.15) is 0 Å². The summed E-state index contributed by atoms with van der Waals surface area (Å²) in [5.74, 6) is 0. The number of hydrogen-bond donors (Lipinski definition) is 0. The number of hydrogen-bond acceptors (Lipinski definition) is 13. The van der Waals surface area contributed by atoms with Gasteiger partial charge in [-0.05, 0) is 9.05 Å². The molecule has 0 heterocycles. The van der Waals surface area contributed by atoms with Crippen LogP contribution >= 0.6 is 0 Å². The molecule has 0 amide bonds. The van der Waals surface area contributed by atoms with Crippen LogP contribution in [0.5, 0.6) is 0 Å². The molecule has 0 aliphatic carbocycles. The van der Waals surface area contributed by atoms with Gasteiger partial charge >= 0.3 is 113 Å². The molecule has 0 N–H and O–H groups in total. The first-order chi connectivity index (χ1) is 7.41. The van der Waals surface area contributed by atoms with E-state index in [2.05, 4.69) is 0 Å². The van der Waals surface area contributed by atoms with Gasteiger partial charge in [-0.3, -0.25) is 0 Å². The zero-order chi connectivity index (χ0) is 16.2. The van der Waals surface area contributed by atoms with Gasteiger partial charge in [0.25, 0.3) is 0 Å². The molecular weight excluding hydrogens is 650 g/mol. The zero-order valence-corrected chi connectivity index (χ0v) is 15.4. The average molecular weight is 650 g/mol. The molecule has 0 aromatic rings. The third-order valence-electron chi connectivity index (χ3n) is 0. The van der Waals surface area contributed by atoms with Crippen molar-refractivity contribution in [3.63, 3.8) is 0 Å². The summed E-state index contributed by atoms with van der Waals surface area (Å²) in [7, 11) is 0. The van der Waals surface area contributed by atoms with Crippen molar-refractivity contribution < 1.29 is 53.6 Å². The molecule has 20 heteroatoms. The quantitative estimate of drug-likeness (QED) is 0.221. The molecule has 0 unspecified atom stereocenters. The fraction of sp³-hybridized carbons (Fsp3) is 0. The monoisotopic (exact) mass is 658 g/mol. The molecule has 0 aliphatic rings. The van der Waals surface area contributed by atoms with Gasteiger partial charge in [-0.1, -0.05) is 0 Å². The summed E-state index contributed by atoms with van der Waals surface area (Å²) in [6, 6.07) is 0. The first-order valence-electron chi connectivity index (χ1n) is 2.31. The van der Waals surface area contributed by atoms with Crippen LogP contribution in [0.25, 0.3) is 0 Å². The predicted octanol–water partition coefficient (Wildman–Crippen LogP) is -8.98. The minimum absolute atomic E-state index is 0. The Labute approximate surface area is 126 Å². The number of halogens is 2. The molecular formula is B2F2O13Te3. The van der Waals surface area contributed by atoms with E-state index >= 15 is 0 Å². The van der Waals surface area contributed by atoms with Crippen LogP contribution in [0.4, 0.5) is 9.05 Å². The van der Waals surface area contributed by atoms with E-state index in [1.54, 1.807) is 0 Å². The van der Waals surface area contributed by atoms with Crippen molar-refractivity contribution in [2.45, 2.75) is 0 Å². The molecule has 13 nitrogen and oxygen atoms in total. The summed E-state index contributed by atoms with van der Waals surface area (Å²) in [5, 5.41) is 1.25. The Kier molecular flexibility index (Phi) is 33.4. The Morgan fingerprint density at radius 2 is 0.550 bits per heavy atom. The predicted molar refractivity (Wildman–Crippen MR) is 36.2 cm³/mol.